The van der Waals surface area contributed by atoms with Crippen molar-refractivity contribution in [2.75, 3.05) is 0 Å². The highest BCUT2D eigenvalue weighted by Gasteiger charge is 2.22. The number of hydrogen-bond acceptors (Lipinski definition) is 3. The van der Waals surface area contributed by atoms with Gasteiger partial charge in [-0.3, -0.25) is 4.79 Å². The van der Waals surface area contributed by atoms with Crippen molar-refractivity contribution in [3.8, 4) is 0 Å². The van der Waals surface area contributed by atoms with E-state index in [4.69, 9.17) is 0 Å². The summed E-state index contributed by atoms with van der Waals surface area (Å²) in [4.78, 5) is 25.5. The molecule has 0 fully saturated rings. The monoisotopic (exact) mass is 390 g/mol. The maximum Gasteiger partial charge on any atom is 0.342 e. The molecule has 1 aromatic heterocycles. The van der Waals surface area contributed by atoms with Crippen LogP contribution in [0.5, 0.6) is 0 Å². The van der Waals surface area contributed by atoms with Gasteiger partial charge in [0.1, 0.15) is 0 Å². The summed E-state index contributed by atoms with van der Waals surface area (Å²) in [5.74, 6) is 0. The first-order chi connectivity index (χ1) is 13.2. The van der Waals surface area contributed by atoms with E-state index in [-0.39, 0.29) is 30.6 Å². The van der Waals surface area contributed by atoms with Gasteiger partial charge in [-0.25, -0.2) is 13.3 Å². The average Bonchev–Trinajstić information content (AvgIpc) is 2.99. The molecule has 0 saturated carbocycles. The molecule has 0 unspecified atom stereocenters. The van der Waals surface area contributed by atoms with Gasteiger partial charge in [-0.1, -0.05) is 98.4 Å². The van der Waals surface area contributed by atoms with Crippen LogP contribution in [0.3, 0.4) is 0 Å². The molecule has 4 aromatic rings. The van der Waals surface area contributed by atoms with Crippen molar-refractivity contribution >= 4 is 11.5 Å². The molecule has 0 atom stereocenters. The molecular formula is C23H22N2O2S. The van der Waals surface area contributed by atoms with Crippen molar-refractivity contribution in [2.24, 2.45) is 0 Å². The highest BCUT2D eigenvalue weighted by atomic mass is 32.1. The third-order valence-electron chi connectivity index (χ3n) is 4.46. The number of rotatable bonds is 5. The van der Waals surface area contributed by atoms with Gasteiger partial charge in [0, 0.05) is 11.5 Å². The number of nitrogens with zero attached hydrogens (tertiary/aromatic N) is 2. The van der Waals surface area contributed by atoms with E-state index < -0.39 is 0 Å². The van der Waals surface area contributed by atoms with E-state index in [1.165, 1.54) is 4.57 Å². The molecule has 28 heavy (non-hydrogen) atoms. The molecule has 0 aliphatic heterocycles. The lowest BCUT2D eigenvalue weighted by molar-refractivity contribution is 0.639. The summed E-state index contributed by atoms with van der Waals surface area (Å²) in [5.41, 5.74) is 2.59. The first-order valence-electron chi connectivity index (χ1n) is 8.70. The third-order valence-corrected chi connectivity index (χ3v) is 5.41. The van der Waals surface area contributed by atoms with Gasteiger partial charge in [0.25, 0.3) is 0 Å². The lowest BCUT2D eigenvalue weighted by Gasteiger charge is -2.17. The second-order valence-corrected chi connectivity index (χ2v) is 7.19. The summed E-state index contributed by atoms with van der Waals surface area (Å²) in [7, 11) is 0. The predicted molar refractivity (Wildman–Crippen MR) is 115 cm³/mol. The first-order valence-corrected chi connectivity index (χ1v) is 9.48. The molecule has 0 aliphatic carbocycles. The Morgan fingerprint density at radius 1 is 0.714 bits per heavy atom. The van der Waals surface area contributed by atoms with Crippen LogP contribution in [-0.2, 0) is 6.54 Å². The van der Waals surface area contributed by atoms with Crippen LogP contribution in [0.15, 0.2) is 101 Å². The smallest absolute Gasteiger partial charge is 0.255 e. The van der Waals surface area contributed by atoms with Crippen LogP contribution in [0.1, 0.15) is 30.2 Å². The Morgan fingerprint density at radius 2 is 1.18 bits per heavy atom. The Balaban J connectivity index is 0.00000225. The van der Waals surface area contributed by atoms with E-state index in [0.29, 0.717) is 0 Å². The molecule has 5 heteroatoms. The summed E-state index contributed by atoms with van der Waals surface area (Å²) in [6.45, 7) is 0.276. The van der Waals surface area contributed by atoms with Crippen molar-refractivity contribution in [2.45, 2.75) is 20.0 Å². The van der Waals surface area contributed by atoms with E-state index in [0.717, 1.165) is 28.2 Å². The number of benzene rings is 3. The van der Waals surface area contributed by atoms with Gasteiger partial charge in [0.2, 0.25) is 0 Å². The molecule has 4 nitrogen and oxygen atoms in total. The molecule has 0 saturated heterocycles. The fourth-order valence-corrected chi connectivity index (χ4v) is 4.10. The molecule has 0 bridgehead atoms. The van der Waals surface area contributed by atoms with Gasteiger partial charge in [-0.15, -0.1) is 0 Å². The van der Waals surface area contributed by atoms with Gasteiger partial charge in [0.15, 0.2) is 0 Å². The van der Waals surface area contributed by atoms with E-state index >= 15 is 0 Å². The zero-order chi connectivity index (χ0) is 18.6. The van der Waals surface area contributed by atoms with E-state index in [2.05, 4.69) is 0 Å². The Morgan fingerprint density at radius 3 is 1.68 bits per heavy atom. The average molecular weight is 391 g/mol. The normalized spacial score (nSPS) is 10.6. The first kappa shape index (κ1) is 19.6. The van der Waals surface area contributed by atoms with Crippen molar-refractivity contribution in [3.05, 3.63) is 128 Å². The molecule has 0 radical (unpaired) electrons. The van der Waals surface area contributed by atoms with Crippen LogP contribution in [0.25, 0.3) is 0 Å². The van der Waals surface area contributed by atoms with Crippen LogP contribution in [-0.4, -0.2) is 8.52 Å². The molecule has 0 aliphatic rings. The quantitative estimate of drug-likeness (QED) is 0.507. The Hall–Kier alpha value is -3.18. The molecule has 142 valence electrons. The van der Waals surface area contributed by atoms with Gasteiger partial charge in [-0.05, 0) is 16.7 Å². The van der Waals surface area contributed by atoms with Crippen LogP contribution >= 0.6 is 11.5 Å². The summed E-state index contributed by atoms with van der Waals surface area (Å²) in [6, 6.07) is 28.8. The molecule has 1 heterocycles. The maximum absolute atomic E-state index is 13.1. The van der Waals surface area contributed by atoms with Crippen molar-refractivity contribution in [3.63, 3.8) is 0 Å². The molecule has 0 amide bonds. The van der Waals surface area contributed by atoms with E-state index in [9.17, 15) is 9.59 Å². The summed E-state index contributed by atoms with van der Waals surface area (Å²) >= 11 is 0.970. The van der Waals surface area contributed by atoms with E-state index in [1.807, 2.05) is 91.0 Å². The Bertz CT molecular complexity index is 1090. The minimum absolute atomic E-state index is 0. The second-order valence-electron chi connectivity index (χ2n) is 6.26. The summed E-state index contributed by atoms with van der Waals surface area (Å²) in [5, 5.41) is 0. The van der Waals surface area contributed by atoms with Crippen LogP contribution in [0, 0.1) is 0 Å². The van der Waals surface area contributed by atoms with Gasteiger partial charge < -0.3 is 0 Å². The summed E-state index contributed by atoms with van der Waals surface area (Å²) in [6.07, 6.45) is 0. The fourth-order valence-electron chi connectivity index (χ4n) is 3.16. The standard InChI is InChI=1S/C22H18N2O2S.CH4/c25-21-23(16-17-10-4-1-5-11-17)22(26)27-24(21)20(18-12-6-2-7-13-18)19-14-8-3-9-15-19;/h1-15,20H,16H2;1H4. The topological polar surface area (TPSA) is 44.0 Å². The van der Waals surface area contributed by atoms with Gasteiger partial charge >= 0.3 is 10.6 Å². The highest BCUT2D eigenvalue weighted by Crippen LogP contribution is 2.26. The minimum atomic E-state index is -0.324. The lowest BCUT2D eigenvalue weighted by Crippen LogP contribution is -2.31. The molecular weight excluding hydrogens is 368 g/mol. The molecule has 0 spiro atoms. The molecule has 3 aromatic carbocycles. The minimum Gasteiger partial charge on any atom is -0.255 e. The van der Waals surface area contributed by atoms with Crippen molar-refractivity contribution in [1.82, 2.24) is 8.52 Å². The number of aromatic nitrogens is 2. The predicted octanol–water partition coefficient (Wildman–Crippen LogP) is 4.39. The number of hydrogen-bond donors (Lipinski definition) is 0. The molecule has 0 N–H and O–H groups in total. The van der Waals surface area contributed by atoms with Gasteiger partial charge in [0.05, 0.1) is 12.6 Å². The zero-order valence-electron chi connectivity index (χ0n) is 14.6. The third kappa shape index (κ3) is 3.89. The SMILES string of the molecule is C.O=c1sn(C(c2ccccc2)c2ccccc2)c(=O)n1Cc1ccccc1. The second kappa shape index (κ2) is 8.67. The van der Waals surface area contributed by atoms with Crippen LogP contribution in [0.4, 0.5) is 0 Å². The zero-order valence-corrected chi connectivity index (χ0v) is 15.4. The lowest BCUT2D eigenvalue weighted by atomic mass is 9.99. The fraction of sp³-hybridized carbons (Fsp3) is 0.130. The van der Waals surface area contributed by atoms with Gasteiger partial charge in [-0.2, -0.15) is 0 Å². The Kier molecular flexibility index (Phi) is 6.06. The maximum atomic E-state index is 13.1. The van der Waals surface area contributed by atoms with Crippen molar-refractivity contribution in [1.29, 1.82) is 0 Å². The van der Waals surface area contributed by atoms with E-state index in [1.54, 1.807) is 3.96 Å². The largest absolute Gasteiger partial charge is 0.342 e. The summed E-state index contributed by atoms with van der Waals surface area (Å²) < 4.78 is 2.88. The Labute approximate surface area is 168 Å². The van der Waals surface area contributed by atoms with Crippen molar-refractivity contribution < 1.29 is 0 Å². The van der Waals surface area contributed by atoms with Crippen LogP contribution < -0.4 is 10.6 Å². The molecule has 4 rings (SSSR count). The van der Waals surface area contributed by atoms with Crippen LogP contribution in [0.2, 0.25) is 0 Å². The highest BCUT2D eigenvalue weighted by molar-refractivity contribution is 7.03.